The number of methoxy groups -OCH3 is 1. The van der Waals surface area contributed by atoms with Crippen LogP contribution in [0, 0.1) is 11.8 Å². The van der Waals surface area contributed by atoms with Gasteiger partial charge in [0.25, 0.3) is 5.91 Å². The molecule has 0 fully saturated rings. The molecule has 0 aliphatic rings. The highest BCUT2D eigenvalue weighted by atomic mass is 35.5. The van der Waals surface area contributed by atoms with E-state index < -0.39 is 29.9 Å². The van der Waals surface area contributed by atoms with Crippen molar-refractivity contribution in [1.82, 2.24) is 10.6 Å². The Balaban J connectivity index is 2.15. The van der Waals surface area contributed by atoms with Gasteiger partial charge in [-0.2, -0.15) is 0 Å². The first-order valence-electron chi connectivity index (χ1n) is 10.3. The van der Waals surface area contributed by atoms with Crippen molar-refractivity contribution in [3.8, 4) is 11.3 Å². The molecule has 174 valence electrons. The molecule has 2 N–H and O–H groups in total. The van der Waals surface area contributed by atoms with Crippen LogP contribution < -0.4 is 10.6 Å². The number of benzene rings is 1. The molecule has 32 heavy (non-hydrogen) atoms. The zero-order valence-corrected chi connectivity index (χ0v) is 20.2. The third-order valence-electron chi connectivity index (χ3n) is 4.77. The zero-order valence-electron chi connectivity index (χ0n) is 18.7. The van der Waals surface area contributed by atoms with Gasteiger partial charge in [-0.25, -0.2) is 4.79 Å². The number of ether oxygens (including phenoxy) is 1. The lowest BCUT2D eigenvalue weighted by atomic mass is 10.0. The van der Waals surface area contributed by atoms with Gasteiger partial charge in [0.15, 0.2) is 5.76 Å². The van der Waals surface area contributed by atoms with Crippen LogP contribution in [-0.2, 0) is 14.3 Å². The number of furan rings is 1. The molecular weight excluding hydrogens is 455 g/mol. The maximum atomic E-state index is 12.9. The molecule has 2 rings (SSSR count). The summed E-state index contributed by atoms with van der Waals surface area (Å²) in [6.07, 6.45) is 0.417. The number of nitrogens with one attached hydrogen (secondary N) is 2. The van der Waals surface area contributed by atoms with Crippen molar-refractivity contribution in [2.24, 2.45) is 11.8 Å². The molecule has 0 radical (unpaired) electrons. The van der Waals surface area contributed by atoms with Gasteiger partial charge >= 0.3 is 5.97 Å². The predicted molar refractivity (Wildman–Crippen MR) is 124 cm³/mol. The Morgan fingerprint density at radius 2 is 1.72 bits per heavy atom. The van der Waals surface area contributed by atoms with E-state index in [0.29, 0.717) is 27.8 Å². The van der Waals surface area contributed by atoms with Gasteiger partial charge in [0.2, 0.25) is 5.91 Å². The summed E-state index contributed by atoms with van der Waals surface area (Å²) in [5.41, 5.74) is 0.586. The summed E-state index contributed by atoms with van der Waals surface area (Å²) in [5, 5.41) is 6.25. The topological polar surface area (TPSA) is 97.6 Å². The highest BCUT2D eigenvalue weighted by Crippen LogP contribution is 2.31. The van der Waals surface area contributed by atoms with Gasteiger partial charge in [0, 0.05) is 10.6 Å². The second kappa shape index (κ2) is 11.4. The highest BCUT2D eigenvalue weighted by Gasteiger charge is 2.30. The number of carbonyl (C=O) groups is 3. The van der Waals surface area contributed by atoms with Crippen molar-refractivity contribution in [2.45, 2.75) is 46.2 Å². The largest absolute Gasteiger partial charge is 0.467 e. The summed E-state index contributed by atoms with van der Waals surface area (Å²) in [6, 6.07) is 6.37. The molecule has 0 aliphatic carbocycles. The van der Waals surface area contributed by atoms with Crippen molar-refractivity contribution in [1.29, 1.82) is 0 Å². The molecule has 1 aromatic carbocycles. The van der Waals surface area contributed by atoms with Crippen LogP contribution in [-0.4, -0.2) is 37.0 Å². The molecule has 2 aromatic rings. The number of amides is 2. The summed E-state index contributed by atoms with van der Waals surface area (Å²) in [4.78, 5) is 37.7. The number of halogens is 2. The fourth-order valence-corrected chi connectivity index (χ4v) is 3.63. The van der Waals surface area contributed by atoms with E-state index in [1.54, 1.807) is 38.1 Å². The van der Waals surface area contributed by atoms with E-state index in [1.807, 2.05) is 13.8 Å². The third kappa shape index (κ3) is 6.74. The Bertz CT molecular complexity index is 971. The molecule has 2 unspecified atom stereocenters. The zero-order chi connectivity index (χ0) is 24.0. The Labute approximate surface area is 197 Å². The van der Waals surface area contributed by atoms with Gasteiger partial charge < -0.3 is 19.8 Å². The number of esters is 1. The molecule has 0 saturated heterocycles. The van der Waals surface area contributed by atoms with E-state index in [-0.39, 0.29) is 17.6 Å². The Hall–Kier alpha value is -2.51. The fourth-order valence-electron chi connectivity index (χ4n) is 3.13. The maximum Gasteiger partial charge on any atom is 0.328 e. The number of hydrogen-bond acceptors (Lipinski definition) is 5. The van der Waals surface area contributed by atoms with Crippen LogP contribution in [0.5, 0.6) is 0 Å². The molecule has 9 heteroatoms. The summed E-state index contributed by atoms with van der Waals surface area (Å²) in [6.45, 7) is 7.46. The predicted octanol–water partition coefficient (Wildman–Crippen LogP) is 4.71. The van der Waals surface area contributed by atoms with Gasteiger partial charge in [0.1, 0.15) is 17.8 Å². The van der Waals surface area contributed by atoms with Gasteiger partial charge in [-0.15, -0.1) is 0 Å². The molecule has 2 amide bonds. The van der Waals surface area contributed by atoms with Crippen molar-refractivity contribution in [2.75, 3.05) is 7.11 Å². The fraction of sp³-hybridized carbons (Fsp3) is 0.435. The maximum absolute atomic E-state index is 12.9. The van der Waals surface area contributed by atoms with E-state index in [4.69, 9.17) is 32.4 Å². The Kier molecular flexibility index (Phi) is 9.16. The summed E-state index contributed by atoms with van der Waals surface area (Å²) in [5.74, 6) is -1.23. The van der Waals surface area contributed by atoms with Crippen molar-refractivity contribution in [3.63, 3.8) is 0 Å². The SMILES string of the molecule is COC(=O)C(CC(C)C)NC(=O)C(NC(=O)c1ccc(-c2ccc(Cl)cc2Cl)o1)C(C)C. The van der Waals surface area contributed by atoms with Crippen LogP contribution in [0.15, 0.2) is 34.7 Å². The van der Waals surface area contributed by atoms with Crippen LogP contribution in [0.2, 0.25) is 10.0 Å². The third-order valence-corrected chi connectivity index (χ3v) is 5.32. The van der Waals surface area contributed by atoms with E-state index in [0.717, 1.165) is 0 Å². The van der Waals surface area contributed by atoms with Crippen molar-refractivity contribution >= 4 is 41.0 Å². The first-order valence-corrected chi connectivity index (χ1v) is 11.0. The molecule has 1 aromatic heterocycles. The van der Waals surface area contributed by atoms with E-state index in [1.165, 1.54) is 13.2 Å². The molecule has 0 bridgehead atoms. The molecule has 1 heterocycles. The molecular formula is C23H28Cl2N2O5. The van der Waals surface area contributed by atoms with Crippen LogP contribution in [0.4, 0.5) is 0 Å². The van der Waals surface area contributed by atoms with Crippen molar-refractivity contribution < 1.29 is 23.5 Å². The summed E-state index contributed by atoms with van der Waals surface area (Å²) in [7, 11) is 1.27. The second-order valence-electron chi connectivity index (χ2n) is 8.20. The average Bonchev–Trinajstić information content (AvgIpc) is 3.20. The molecule has 7 nitrogen and oxygen atoms in total. The minimum Gasteiger partial charge on any atom is -0.467 e. The second-order valence-corrected chi connectivity index (χ2v) is 9.04. The lowest BCUT2D eigenvalue weighted by Gasteiger charge is -2.25. The number of hydrogen-bond donors (Lipinski definition) is 2. The van der Waals surface area contributed by atoms with Gasteiger partial charge in [-0.3, -0.25) is 9.59 Å². The standard InChI is InChI=1S/C23H28Cl2N2O5/c1-12(2)10-17(23(30)31-5)26-22(29)20(13(3)4)27-21(28)19-9-8-18(32-19)15-7-6-14(24)11-16(15)25/h6-9,11-13,17,20H,10H2,1-5H3,(H,26,29)(H,27,28). The highest BCUT2D eigenvalue weighted by molar-refractivity contribution is 6.36. The minimum atomic E-state index is -0.880. The van der Waals surface area contributed by atoms with Crippen molar-refractivity contribution in [3.05, 3.63) is 46.1 Å². The molecule has 0 spiro atoms. The number of carbonyl (C=O) groups excluding carboxylic acids is 3. The lowest BCUT2D eigenvalue weighted by Crippen LogP contribution is -2.54. The lowest BCUT2D eigenvalue weighted by molar-refractivity contribution is -0.145. The quantitative estimate of drug-likeness (QED) is 0.504. The Morgan fingerprint density at radius 1 is 1.03 bits per heavy atom. The Morgan fingerprint density at radius 3 is 2.28 bits per heavy atom. The van der Waals surface area contributed by atoms with Crippen LogP contribution in [0.3, 0.4) is 0 Å². The van der Waals surface area contributed by atoms with Gasteiger partial charge in [0.05, 0.1) is 12.1 Å². The van der Waals surface area contributed by atoms with E-state index in [9.17, 15) is 14.4 Å². The molecule has 2 atom stereocenters. The normalized spacial score (nSPS) is 13.0. The van der Waals surface area contributed by atoms with Crippen LogP contribution in [0.25, 0.3) is 11.3 Å². The minimum absolute atomic E-state index is 0.0242. The first-order chi connectivity index (χ1) is 15.0. The molecule has 0 saturated carbocycles. The summed E-state index contributed by atoms with van der Waals surface area (Å²) < 4.78 is 10.4. The van der Waals surface area contributed by atoms with E-state index >= 15 is 0 Å². The van der Waals surface area contributed by atoms with Gasteiger partial charge in [-0.05, 0) is 48.6 Å². The number of rotatable bonds is 9. The first kappa shape index (κ1) is 25.7. The van der Waals surface area contributed by atoms with Crippen LogP contribution >= 0.6 is 23.2 Å². The smallest absolute Gasteiger partial charge is 0.328 e. The van der Waals surface area contributed by atoms with Gasteiger partial charge in [-0.1, -0.05) is 50.9 Å². The summed E-state index contributed by atoms with van der Waals surface area (Å²) >= 11 is 12.1. The average molecular weight is 483 g/mol. The molecule has 0 aliphatic heterocycles. The van der Waals surface area contributed by atoms with E-state index in [2.05, 4.69) is 10.6 Å². The monoisotopic (exact) mass is 482 g/mol. The van der Waals surface area contributed by atoms with Crippen LogP contribution in [0.1, 0.15) is 44.7 Å².